The minimum absolute atomic E-state index is 0.0843. The van der Waals surface area contributed by atoms with Gasteiger partial charge in [-0.3, -0.25) is 4.79 Å². The summed E-state index contributed by atoms with van der Waals surface area (Å²) in [5.74, 6) is 0.869. The molecule has 124 valence electrons. The number of nitrogens with two attached hydrogens (primary N) is 1. The zero-order chi connectivity index (χ0) is 17.3. The molecule has 6 heteroatoms. The number of phenolic OH excluding ortho intramolecular Hbond substituents is 1. The third kappa shape index (κ3) is 2.92. The van der Waals surface area contributed by atoms with E-state index >= 15 is 0 Å². The Morgan fingerprint density at radius 1 is 1.29 bits per heavy atom. The molecule has 3 aromatic rings. The van der Waals surface area contributed by atoms with E-state index in [1.54, 1.807) is 25.3 Å². The standard InChI is InChI=1S/C18H17NO4S/c1-22-11-4-5-12(14(20)9-11)17-18(24-2)13-7-10(8-16(19)21)3-6-15(13)23-17/h3-7,9,20H,8H2,1-2H3,(H2,19,21). The third-order valence-electron chi connectivity index (χ3n) is 3.74. The van der Waals surface area contributed by atoms with Gasteiger partial charge < -0.3 is 20.0 Å². The summed E-state index contributed by atoms with van der Waals surface area (Å²) in [5.41, 5.74) is 7.38. The van der Waals surface area contributed by atoms with Crippen molar-refractivity contribution >= 4 is 28.6 Å². The number of thioether (sulfide) groups is 1. The molecule has 1 heterocycles. The number of carbonyl (C=O) groups is 1. The predicted octanol–water partition coefficient (Wildman–Crippen LogP) is 3.56. The summed E-state index contributed by atoms with van der Waals surface area (Å²) in [7, 11) is 1.54. The number of amides is 1. The average Bonchev–Trinajstić information content (AvgIpc) is 2.91. The lowest BCUT2D eigenvalue weighted by atomic mass is 10.1. The molecule has 0 unspecified atom stereocenters. The van der Waals surface area contributed by atoms with Crippen LogP contribution in [0.1, 0.15) is 5.56 Å². The van der Waals surface area contributed by atoms with Gasteiger partial charge in [0.15, 0.2) is 5.76 Å². The number of fused-ring (bicyclic) bond motifs is 1. The van der Waals surface area contributed by atoms with Crippen molar-refractivity contribution in [1.82, 2.24) is 0 Å². The molecule has 0 bridgehead atoms. The smallest absolute Gasteiger partial charge is 0.221 e. The van der Waals surface area contributed by atoms with Crippen molar-refractivity contribution in [3.63, 3.8) is 0 Å². The maximum absolute atomic E-state index is 11.1. The third-order valence-corrected chi connectivity index (χ3v) is 4.55. The Morgan fingerprint density at radius 3 is 2.71 bits per heavy atom. The first kappa shape index (κ1) is 16.3. The van der Waals surface area contributed by atoms with E-state index in [0.717, 1.165) is 15.8 Å². The highest BCUT2D eigenvalue weighted by atomic mass is 32.2. The number of rotatable bonds is 5. The number of phenols is 1. The van der Waals surface area contributed by atoms with E-state index in [2.05, 4.69) is 0 Å². The summed E-state index contributed by atoms with van der Waals surface area (Å²) in [4.78, 5) is 12.0. The fourth-order valence-electron chi connectivity index (χ4n) is 2.64. The van der Waals surface area contributed by atoms with Gasteiger partial charge in [0.25, 0.3) is 0 Å². The number of furan rings is 1. The van der Waals surface area contributed by atoms with Crippen LogP contribution in [-0.4, -0.2) is 24.4 Å². The molecule has 3 N–H and O–H groups in total. The molecule has 1 aromatic heterocycles. The molecule has 3 rings (SSSR count). The van der Waals surface area contributed by atoms with E-state index in [-0.39, 0.29) is 18.1 Å². The van der Waals surface area contributed by atoms with Gasteiger partial charge in [0.2, 0.25) is 5.91 Å². The molecular formula is C18H17NO4S. The lowest BCUT2D eigenvalue weighted by molar-refractivity contribution is -0.117. The van der Waals surface area contributed by atoms with Crippen LogP contribution in [0.15, 0.2) is 45.7 Å². The minimum Gasteiger partial charge on any atom is -0.507 e. The summed E-state index contributed by atoms with van der Waals surface area (Å²) in [5, 5.41) is 11.2. The Hall–Kier alpha value is -2.60. The molecule has 0 fully saturated rings. The lowest BCUT2D eigenvalue weighted by Crippen LogP contribution is -2.13. The Bertz CT molecular complexity index is 917. The second kappa shape index (κ2) is 6.49. The van der Waals surface area contributed by atoms with Crippen molar-refractivity contribution < 1.29 is 19.1 Å². The maximum atomic E-state index is 11.1. The SMILES string of the molecule is COc1ccc(-c2oc3ccc(CC(N)=O)cc3c2SC)c(O)c1. The normalized spacial score (nSPS) is 10.9. The molecule has 0 aliphatic rings. The molecule has 0 spiro atoms. The quantitative estimate of drug-likeness (QED) is 0.692. The van der Waals surface area contributed by atoms with Gasteiger partial charge in [-0.05, 0) is 36.1 Å². The molecule has 0 atom stereocenters. The van der Waals surface area contributed by atoms with Crippen molar-refractivity contribution in [3.05, 3.63) is 42.0 Å². The van der Waals surface area contributed by atoms with E-state index in [0.29, 0.717) is 22.7 Å². The predicted molar refractivity (Wildman–Crippen MR) is 94.5 cm³/mol. The molecule has 0 aliphatic carbocycles. The summed E-state index contributed by atoms with van der Waals surface area (Å²) < 4.78 is 11.1. The minimum atomic E-state index is -0.378. The summed E-state index contributed by atoms with van der Waals surface area (Å²) in [6.07, 6.45) is 2.12. The van der Waals surface area contributed by atoms with E-state index in [4.69, 9.17) is 14.9 Å². The Labute approximate surface area is 143 Å². The molecule has 0 radical (unpaired) electrons. The molecule has 0 saturated carbocycles. The van der Waals surface area contributed by atoms with Crippen molar-refractivity contribution in [2.75, 3.05) is 13.4 Å². The van der Waals surface area contributed by atoms with Crippen LogP contribution >= 0.6 is 11.8 Å². The number of hydrogen-bond acceptors (Lipinski definition) is 5. The summed E-state index contributed by atoms with van der Waals surface area (Å²) in [6, 6.07) is 10.6. The molecule has 5 nitrogen and oxygen atoms in total. The number of carbonyl (C=O) groups excluding carboxylic acids is 1. The van der Waals surface area contributed by atoms with Gasteiger partial charge in [0.05, 0.1) is 24.0 Å². The van der Waals surface area contributed by atoms with Crippen LogP contribution in [0.25, 0.3) is 22.3 Å². The van der Waals surface area contributed by atoms with E-state index in [1.165, 1.54) is 11.8 Å². The number of aromatic hydroxyl groups is 1. The zero-order valence-electron chi connectivity index (χ0n) is 13.3. The first-order valence-corrected chi connectivity index (χ1v) is 8.51. The molecule has 24 heavy (non-hydrogen) atoms. The first-order chi connectivity index (χ1) is 11.5. The molecule has 0 aliphatic heterocycles. The molecule has 0 saturated heterocycles. The number of methoxy groups -OCH3 is 1. The van der Waals surface area contributed by atoms with Gasteiger partial charge in [-0.25, -0.2) is 0 Å². The van der Waals surface area contributed by atoms with Crippen LogP contribution in [0.3, 0.4) is 0 Å². The molecule has 2 aromatic carbocycles. The van der Waals surface area contributed by atoms with Gasteiger partial charge in [0, 0.05) is 11.5 Å². The Kier molecular flexibility index (Phi) is 4.40. The number of primary amides is 1. The second-order valence-electron chi connectivity index (χ2n) is 5.32. The Morgan fingerprint density at radius 2 is 2.08 bits per heavy atom. The fourth-order valence-corrected chi connectivity index (χ4v) is 3.36. The Balaban J connectivity index is 2.16. The van der Waals surface area contributed by atoms with Crippen LogP contribution in [0, 0.1) is 0 Å². The number of hydrogen-bond donors (Lipinski definition) is 2. The number of benzene rings is 2. The van der Waals surface area contributed by atoms with Gasteiger partial charge in [-0.1, -0.05) is 6.07 Å². The van der Waals surface area contributed by atoms with Crippen molar-refractivity contribution in [2.45, 2.75) is 11.3 Å². The maximum Gasteiger partial charge on any atom is 0.221 e. The van der Waals surface area contributed by atoms with Gasteiger partial charge in [-0.2, -0.15) is 0 Å². The van der Waals surface area contributed by atoms with Gasteiger partial charge in [0.1, 0.15) is 17.1 Å². The average molecular weight is 343 g/mol. The van der Waals surface area contributed by atoms with E-state index in [9.17, 15) is 9.90 Å². The second-order valence-corrected chi connectivity index (χ2v) is 6.14. The van der Waals surface area contributed by atoms with E-state index < -0.39 is 0 Å². The van der Waals surface area contributed by atoms with Gasteiger partial charge >= 0.3 is 0 Å². The van der Waals surface area contributed by atoms with Crippen LogP contribution < -0.4 is 10.5 Å². The molecular weight excluding hydrogens is 326 g/mol. The van der Waals surface area contributed by atoms with Crippen LogP contribution in [0.2, 0.25) is 0 Å². The highest BCUT2D eigenvalue weighted by Gasteiger charge is 2.19. The largest absolute Gasteiger partial charge is 0.507 e. The number of ether oxygens (including phenoxy) is 1. The topological polar surface area (TPSA) is 85.7 Å². The van der Waals surface area contributed by atoms with Crippen LogP contribution in [0.4, 0.5) is 0 Å². The van der Waals surface area contributed by atoms with Crippen molar-refractivity contribution in [3.8, 4) is 22.8 Å². The summed E-state index contributed by atoms with van der Waals surface area (Å²) in [6.45, 7) is 0. The van der Waals surface area contributed by atoms with Crippen molar-refractivity contribution in [1.29, 1.82) is 0 Å². The lowest BCUT2D eigenvalue weighted by Gasteiger charge is -2.06. The zero-order valence-corrected chi connectivity index (χ0v) is 14.1. The molecule has 1 amide bonds. The van der Waals surface area contributed by atoms with Crippen LogP contribution in [-0.2, 0) is 11.2 Å². The first-order valence-electron chi connectivity index (χ1n) is 7.28. The van der Waals surface area contributed by atoms with E-state index in [1.807, 2.05) is 24.5 Å². The monoisotopic (exact) mass is 343 g/mol. The van der Waals surface area contributed by atoms with Crippen LogP contribution in [0.5, 0.6) is 11.5 Å². The highest BCUT2D eigenvalue weighted by Crippen LogP contribution is 2.43. The fraction of sp³-hybridized carbons (Fsp3) is 0.167. The van der Waals surface area contributed by atoms with Crippen molar-refractivity contribution in [2.24, 2.45) is 5.73 Å². The van der Waals surface area contributed by atoms with Gasteiger partial charge in [-0.15, -0.1) is 11.8 Å². The summed E-state index contributed by atoms with van der Waals surface area (Å²) >= 11 is 1.52. The highest BCUT2D eigenvalue weighted by molar-refractivity contribution is 7.99.